The van der Waals surface area contributed by atoms with Crippen molar-refractivity contribution in [3.8, 4) is 0 Å². The van der Waals surface area contributed by atoms with Crippen LogP contribution in [0.3, 0.4) is 0 Å². The van der Waals surface area contributed by atoms with Crippen molar-refractivity contribution in [1.29, 1.82) is 0 Å². The number of nitrogens with zero attached hydrogens (tertiary/aromatic N) is 2. The third-order valence-electron chi connectivity index (χ3n) is 3.82. The minimum Gasteiger partial charge on any atom is -0.376 e. The van der Waals surface area contributed by atoms with Crippen LogP contribution in [0.1, 0.15) is 42.8 Å². The first-order valence-corrected chi connectivity index (χ1v) is 7.24. The quantitative estimate of drug-likeness (QED) is 0.878. The lowest BCUT2D eigenvalue weighted by molar-refractivity contribution is 0.645. The number of anilines is 2. The molecule has 0 aliphatic carbocycles. The molecule has 3 N–H and O–H groups in total. The average Bonchev–Trinajstić information content (AvgIpc) is 2.68. The molecule has 1 unspecified atom stereocenters. The molecule has 1 aromatic heterocycles. The monoisotopic (exact) mass is 268 g/mol. The zero-order chi connectivity index (χ0) is 13.9. The van der Waals surface area contributed by atoms with Crippen LogP contribution in [0.5, 0.6) is 0 Å². The molecular weight excluding hydrogens is 248 g/mol. The maximum absolute atomic E-state index is 5.83. The molecule has 2 heterocycles. The zero-order valence-electron chi connectivity index (χ0n) is 11.8. The molecule has 0 radical (unpaired) electrons. The molecule has 20 heavy (non-hydrogen) atoms. The molecule has 1 aliphatic rings. The van der Waals surface area contributed by atoms with Crippen LogP contribution >= 0.6 is 0 Å². The number of nitrogen functional groups attached to an aromatic ring is 1. The molecule has 1 atom stereocenters. The van der Waals surface area contributed by atoms with Crippen LogP contribution in [0, 0.1) is 0 Å². The molecule has 0 fully saturated rings. The highest BCUT2D eigenvalue weighted by Crippen LogP contribution is 2.30. The van der Waals surface area contributed by atoms with Crippen LogP contribution in [0.4, 0.5) is 11.6 Å². The van der Waals surface area contributed by atoms with Crippen molar-refractivity contribution in [1.82, 2.24) is 9.97 Å². The summed E-state index contributed by atoms with van der Waals surface area (Å²) in [6, 6.07) is 10.8. The predicted octanol–water partition coefficient (Wildman–Crippen LogP) is 3.11. The molecule has 0 amide bonds. The fraction of sp³-hybridized carbons (Fsp3) is 0.375. The Labute approximate surface area is 119 Å². The Kier molecular flexibility index (Phi) is 3.54. The Bertz CT molecular complexity index is 609. The summed E-state index contributed by atoms with van der Waals surface area (Å²) in [6.07, 6.45) is 4.21. The van der Waals surface area contributed by atoms with Gasteiger partial charge in [-0.1, -0.05) is 25.1 Å². The highest BCUT2D eigenvalue weighted by molar-refractivity contribution is 5.53. The van der Waals surface area contributed by atoms with Crippen molar-refractivity contribution < 1.29 is 0 Å². The van der Waals surface area contributed by atoms with Gasteiger partial charge >= 0.3 is 0 Å². The molecule has 1 aromatic carbocycles. The highest BCUT2D eigenvalue weighted by Gasteiger charge is 2.19. The van der Waals surface area contributed by atoms with Crippen molar-refractivity contribution in [3.05, 3.63) is 47.3 Å². The molecule has 0 saturated carbocycles. The summed E-state index contributed by atoms with van der Waals surface area (Å²) in [7, 11) is 0. The second kappa shape index (κ2) is 5.49. The number of aryl methyl sites for hydroxylation is 2. The summed E-state index contributed by atoms with van der Waals surface area (Å²) in [4.78, 5) is 8.68. The van der Waals surface area contributed by atoms with Gasteiger partial charge in [0.05, 0.1) is 11.7 Å². The summed E-state index contributed by atoms with van der Waals surface area (Å²) in [5, 5.41) is 3.61. The average molecular weight is 268 g/mol. The third-order valence-corrected chi connectivity index (χ3v) is 3.82. The van der Waals surface area contributed by atoms with Crippen LogP contribution < -0.4 is 11.1 Å². The summed E-state index contributed by atoms with van der Waals surface area (Å²) < 4.78 is 0. The van der Waals surface area contributed by atoms with Crippen LogP contribution in [0.2, 0.25) is 0 Å². The standard InChI is InChI=1S/C16H20N4/c1-2-12-10-15(20-16(17)18-12)14-9-5-7-11-6-3-4-8-13(11)19-14/h3-4,6,8,10,14,19H,2,5,7,9H2,1H3,(H2,17,18,20). The SMILES string of the molecule is CCc1cc(C2CCCc3ccccc3N2)nc(N)n1. The van der Waals surface area contributed by atoms with Crippen LogP contribution in [0.25, 0.3) is 0 Å². The van der Waals surface area contributed by atoms with Gasteiger partial charge in [-0.3, -0.25) is 0 Å². The van der Waals surface area contributed by atoms with E-state index in [0.717, 1.165) is 37.1 Å². The summed E-state index contributed by atoms with van der Waals surface area (Å²) in [6.45, 7) is 2.08. The smallest absolute Gasteiger partial charge is 0.220 e. The zero-order valence-corrected chi connectivity index (χ0v) is 11.8. The third kappa shape index (κ3) is 2.59. The number of aromatic nitrogens is 2. The summed E-state index contributed by atoms with van der Waals surface area (Å²) >= 11 is 0. The minimum atomic E-state index is 0.217. The van der Waals surface area contributed by atoms with E-state index in [1.165, 1.54) is 11.3 Å². The number of fused-ring (bicyclic) bond motifs is 1. The van der Waals surface area contributed by atoms with E-state index in [-0.39, 0.29) is 6.04 Å². The molecule has 4 nitrogen and oxygen atoms in total. The number of benzene rings is 1. The maximum Gasteiger partial charge on any atom is 0.220 e. The van der Waals surface area contributed by atoms with Crippen molar-refractivity contribution in [2.75, 3.05) is 11.1 Å². The van der Waals surface area contributed by atoms with E-state index in [1.807, 2.05) is 0 Å². The van der Waals surface area contributed by atoms with E-state index in [4.69, 9.17) is 5.73 Å². The number of hydrogen-bond acceptors (Lipinski definition) is 4. The van der Waals surface area contributed by atoms with Crippen LogP contribution in [-0.4, -0.2) is 9.97 Å². The van der Waals surface area contributed by atoms with Gasteiger partial charge in [0.15, 0.2) is 0 Å². The molecule has 0 spiro atoms. The van der Waals surface area contributed by atoms with Gasteiger partial charge in [0, 0.05) is 11.4 Å². The fourth-order valence-electron chi connectivity index (χ4n) is 2.76. The fourth-order valence-corrected chi connectivity index (χ4v) is 2.76. The van der Waals surface area contributed by atoms with E-state index in [2.05, 4.69) is 52.5 Å². The summed E-state index contributed by atoms with van der Waals surface area (Å²) in [5.41, 5.74) is 10.4. The minimum absolute atomic E-state index is 0.217. The summed E-state index contributed by atoms with van der Waals surface area (Å²) in [5.74, 6) is 0.374. The van der Waals surface area contributed by atoms with Gasteiger partial charge in [-0.05, 0) is 43.4 Å². The van der Waals surface area contributed by atoms with Crippen molar-refractivity contribution >= 4 is 11.6 Å². The molecule has 0 bridgehead atoms. The van der Waals surface area contributed by atoms with E-state index < -0.39 is 0 Å². The lowest BCUT2D eigenvalue weighted by Crippen LogP contribution is -2.14. The molecule has 4 heteroatoms. The number of nitrogens with one attached hydrogen (secondary N) is 1. The van der Waals surface area contributed by atoms with Crippen molar-refractivity contribution in [2.45, 2.75) is 38.6 Å². The van der Waals surface area contributed by atoms with Gasteiger partial charge in [0.2, 0.25) is 5.95 Å². The number of para-hydroxylation sites is 1. The Balaban J connectivity index is 1.93. The topological polar surface area (TPSA) is 63.8 Å². The normalized spacial score (nSPS) is 17.9. The Morgan fingerprint density at radius 2 is 2.15 bits per heavy atom. The number of nitrogens with two attached hydrogens (primary N) is 1. The van der Waals surface area contributed by atoms with E-state index in [9.17, 15) is 0 Å². The first-order valence-electron chi connectivity index (χ1n) is 7.24. The number of rotatable bonds is 2. The molecule has 1 aliphatic heterocycles. The van der Waals surface area contributed by atoms with Gasteiger partial charge in [-0.25, -0.2) is 9.97 Å². The molecule has 3 rings (SSSR count). The van der Waals surface area contributed by atoms with E-state index in [0.29, 0.717) is 5.95 Å². The predicted molar refractivity (Wildman–Crippen MR) is 81.6 cm³/mol. The maximum atomic E-state index is 5.83. The number of hydrogen-bond donors (Lipinski definition) is 2. The lowest BCUT2D eigenvalue weighted by Gasteiger charge is -2.18. The van der Waals surface area contributed by atoms with Crippen molar-refractivity contribution in [2.24, 2.45) is 0 Å². The van der Waals surface area contributed by atoms with Crippen LogP contribution in [-0.2, 0) is 12.8 Å². The Morgan fingerprint density at radius 1 is 1.30 bits per heavy atom. The largest absolute Gasteiger partial charge is 0.376 e. The lowest BCUT2D eigenvalue weighted by atomic mass is 10.1. The molecule has 104 valence electrons. The second-order valence-corrected chi connectivity index (χ2v) is 5.24. The Morgan fingerprint density at radius 3 is 3.00 bits per heavy atom. The first kappa shape index (κ1) is 12.9. The van der Waals surface area contributed by atoms with Gasteiger partial charge < -0.3 is 11.1 Å². The second-order valence-electron chi connectivity index (χ2n) is 5.24. The van der Waals surface area contributed by atoms with Gasteiger partial charge in [0.1, 0.15) is 0 Å². The Hall–Kier alpha value is -2.10. The van der Waals surface area contributed by atoms with E-state index >= 15 is 0 Å². The van der Waals surface area contributed by atoms with Gasteiger partial charge in [-0.15, -0.1) is 0 Å². The highest BCUT2D eigenvalue weighted by atomic mass is 15.0. The van der Waals surface area contributed by atoms with Crippen LogP contribution in [0.15, 0.2) is 30.3 Å². The molecule has 0 saturated heterocycles. The molecule has 2 aromatic rings. The van der Waals surface area contributed by atoms with Gasteiger partial charge in [0.25, 0.3) is 0 Å². The van der Waals surface area contributed by atoms with Gasteiger partial charge in [-0.2, -0.15) is 0 Å². The first-order chi connectivity index (χ1) is 9.76. The molecular formula is C16H20N4. The van der Waals surface area contributed by atoms with E-state index in [1.54, 1.807) is 0 Å². The van der Waals surface area contributed by atoms with Crippen molar-refractivity contribution in [3.63, 3.8) is 0 Å².